The number of nitrogens with one attached hydrogen (secondary N) is 1. The Morgan fingerprint density at radius 2 is 1.78 bits per heavy atom. The second kappa shape index (κ2) is 9.23. The Hall–Kier alpha value is -3.01. The third kappa shape index (κ3) is 4.45. The number of carbonyl (C=O) groups excluding carboxylic acids is 1. The lowest BCUT2D eigenvalue weighted by Gasteiger charge is -2.22. The number of hydrogen-bond acceptors (Lipinski definition) is 6. The summed E-state index contributed by atoms with van der Waals surface area (Å²) in [5, 5.41) is 3.54. The van der Waals surface area contributed by atoms with Gasteiger partial charge >= 0.3 is 5.69 Å². The fourth-order valence-electron chi connectivity index (χ4n) is 3.91. The molecule has 0 unspecified atom stereocenters. The Labute approximate surface area is 187 Å². The van der Waals surface area contributed by atoms with E-state index in [9.17, 15) is 18.8 Å². The minimum absolute atomic E-state index is 0.0808. The van der Waals surface area contributed by atoms with Crippen LogP contribution < -0.4 is 16.6 Å². The van der Waals surface area contributed by atoms with Gasteiger partial charge in [-0.25, -0.2) is 19.2 Å². The number of thioether (sulfide) groups is 1. The van der Waals surface area contributed by atoms with Crippen LogP contribution in [0.25, 0.3) is 22.4 Å². The molecule has 8 nitrogen and oxygen atoms in total. The monoisotopic (exact) mass is 457 g/mol. The van der Waals surface area contributed by atoms with E-state index in [1.165, 1.54) is 49.3 Å². The molecule has 168 valence electrons. The second-order valence-corrected chi connectivity index (χ2v) is 8.92. The zero-order chi connectivity index (χ0) is 22.8. The van der Waals surface area contributed by atoms with Gasteiger partial charge in [-0.1, -0.05) is 31.0 Å². The van der Waals surface area contributed by atoms with Gasteiger partial charge in [0.25, 0.3) is 5.56 Å². The van der Waals surface area contributed by atoms with E-state index in [0.29, 0.717) is 10.6 Å². The molecular weight excluding hydrogens is 433 g/mol. The van der Waals surface area contributed by atoms with E-state index < -0.39 is 17.1 Å². The fourth-order valence-corrected chi connectivity index (χ4v) is 4.74. The maximum absolute atomic E-state index is 13.4. The highest BCUT2D eigenvalue weighted by atomic mass is 32.2. The molecule has 0 radical (unpaired) electrons. The first-order valence-electron chi connectivity index (χ1n) is 10.5. The number of nitrogens with zero attached hydrogens (tertiary/aromatic N) is 4. The normalized spacial score (nSPS) is 14.6. The molecule has 32 heavy (non-hydrogen) atoms. The predicted octanol–water partition coefficient (Wildman–Crippen LogP) is 2.37. The minimum Gasteiger partial charge on any atom is -0.353 e. The molecule has 4 rings (SSSR count). The quantitative estimate of drug-likeness (QED) is 0.467. The van der Waals surface area contributed by atoms with Crippen molar-refractivity contribution in [3.63, 3.8) is 0 Å². The summed E-state index contributed by atoms with van der Waals surface area (Å²) < 4.78 is 15.6. The summed E-state index contributed by atoms with van der Waals surface area (Å²) >= 11 is 1.13. The van der Waals surface area contributed by atoms with Crippen LogP contribution in [-0.2, 0) is 18.9 Å². The van der Waals surface area contributed by atoms with Crippen molar-refractivity contribution in [2.24, 2.45) is 14.1 Å². The summed E-state index contributed by atoms with van der Waals surface area (Å²) in [6.07, 6.45) is 5.37. The van der Waals surface area contributed by atoms with Crippen molar-refractivity contribution >= 4 is 28.7 Å². The number of fused-ring (bicyclic) bond motifs is 1. The van der Waals surface area contributed by atoms with E-state index >= 15 is 0 Å². The van der Waals surface area contributed by atoms with Crippen LogP contribution in [0.3, 0.4) is 0 Å². The zero-order valence-corrected chi connectivity index (χ0v) is 18.7. The number of rotatable bonds is 5. The third-order valence-corrected chi connectivity index (χ3v) is 6.65. The van der Waals surface area contributed by atoms with Gasteiger partial charge in [-0.05, 0) is 37.1 Å². The fraction of sp³-hybridized carbons (Fsp3) is 0.409. The van der Waals surface area contributed by atoms with Crippen LogP contribution in [0.5, 0.6) is 0 Å². The molecule has 0 aliphatic heterocycles. The van der Waals surface area contributed by atoms with Crippen molar-refractivity contribution in [1.82, 2.24) is 24.4 Å². The Bertz CT molecular complexity index is 1280. The van der Waals surface area contributed by atoms with Gasteiger partial charge in [-0.3, -0.25) is 18.7 Å². The highest BCUT2D eigenvalue weighted by Gasteiger charge is 2.20. The van der Waals surface area contributed by atoms with Crippen LogP contribution in [0.1, 0.15) is 32.1 Å². The smallest absolute Gasteiger partial charge is 0.332 e. The molecule has 0 atom stereocenters. The number of amides is 1. The lowest BCUT2D eigenvalue weighted by molar-refractivity contribution is -0.119. The molecule has 3 aromatic rings. The van der Waals surface area contributed by atoms with Crippen molar-refractivity contribution in [3.05, 3.63) is 50.9 Å². The molecular formula is C22H24FN5O3S. The van der Waals surface area contributed by atoms with Gasteiger partial charge in [-0.15, -0.1) is 0 Å². The van der Waals surface area contributed by atoms with Gasteiger partial charge in [0.05, 0.1) is 5.75 Å². The molecule has 1 aliphatic rings. The van der Waals surface area contributed by atoms with Gasteiger partial charge < -0.3 is 5.32 Å². The van der Waals surface area contributed by atoms with Gasteiger partial charge in [0.1, 0.15) is 16.2 Å². The molecule has 2 heterocycles. The molecule has 1 fully saturated rings. The largest absolute Gasteiger partial charge is 0.353 e. The standard InChI is InChI=1S/C22H24FN5O3S/c1-27-19-17(21(30)28(2)22(27)31)20(26-18(25-19)13-8-10-14(23)11-9-13)32-12-16(29)24-15-6-4-3-5-7-15/h8-11,15H,3-7,12H2,1-2H3,(H,24,29). The summed E-state index contributed by atoms with van der Waals surface area (Å²) in [5.41, 5.74) is -0.335. The number of halogens is 1. The van der Waals surface area contributed by atoms with Gasteiger partial charge in [-0.2, -0.15) is 0 Å². The lowest BCUT2D eigenvalue weighted by atomic mass is 9.95. The number of aromatic nitrogens is 4. The number of benzene rings is 1. The van der Waals surface area contributed by atoms with Crippen molar-refractivity contribution in [3.8, 4) is 11.4 Å². The molecule has 10 heteroatoms. The van der Waals surface area contributed by atoms with E-state index in [-0.39, 0.29) is 34.6 Å². The van der Waals surface area contributed by atoms with Gasteiger partial charge in [0, 0.05) is 25.7 Å². The Kier molecular flexibility index (Phi) is 6.40. The molecule has 2 aromatic heterocycles. The third-order valence-electron chi connectivity index (χ3n) is 5.68. The summed E-state index contributed by atoms with van der Waals surface area (Å²) in [6, 6.07) is 5.81. The van der Waals surface area contributed by atoms with E-state index in [2.05, 4.69) is 15.3 Å². The molecule has 1 N–H and O–H groups in total. The molecule has 1 aromatic carbocycles. The van der Waals surface area contributed by atoms with Crippen LogP contribution in [0, 0.1) is 5.82 Å². The number of aryl methyl sites for hydroxylation is 1. The Balaban J connectivity index is 1.73. The first-order chi connectivity index (χ1) is 15.3. The molecule has 0 spiro atoms. The van der Waals surface area contributed by atoms with Crippen LogP contribution in [-0.4, -0.2) is 36.8 Å². The number of carbonyl (C=O) groups is 1. The van der Waals surface area contributed by atoms with E-state index in [1.807, 2.05) is 0 Å². The van der Waals surface area contributed by atoms with Crippen molar-refractivity contribution in [1.29, 1.82) is 0 Å². The van der Waals surface area contributed by atoms with Crippen LogP contribution in [0.15, 0.2) is 38.9 Å². The maximum Gasteiger partial charge on any atom is 0.332 e. The minimum atomic E-state index is -0.524. The molecule has 1 saturated carbocycles. The average molecular weight is 458 g/mol. The molecule has 1 amide bonds. The summed E-state index contributed by atoms with van der Waals surface area (Å²) in [5.74, 6) is -0.198. The highest BCUT2D eigenvalue weighted by Crippen LogP contribution is 2.26. The number of hydrogen-bond donors (Lipinski definition) is 1. The van der Waals surface area contributed by atoms with Crippen molar-refractivity contribution in [2.75, 3.05) is 5.75 Å². The summed E-state index contributed by atoms with van der Waals surface area (Å²) in [6.45, 7) is 0. The molecule has 1 aliphatic carbocycles. The zero-order valence-electron chi connectivity index (χ0n) is 17.9. The predicted molar refractivity (Wildman–Crippen MR) is 121 cm³/mol. The van der Waals surface area contributed by atoms with Gasteiger partial charge in [0.2, 0.25) is 5.91 Å². The van der Waals surface area contributed by atoms with Crippen molar-refractivity contribution in [2.45, 2.75) is 43.2 Å². The lowest BCUT2D eigenvalue weighted by Crippen LogP contribution is -2.38. The summed E-state index contributed by atoms with van der Waals surface area (Å²) in [4.78, 5) is 46.8. The summed E-state index contributed by atoms with van der Waals surface area (Å²) in [7, 11) is 2.91. The SMILES string of the molecule is Cn1c(=O)c2c(SCC(=O)NC3CCCCC3)nc(-c3ccc(F)cc3)nc2n(C)c1=O. The Morgan fingerprint density at radius 3 is 2.47 bits per heavy atom. The van der Waals surface area contributed by atoms with Crippen molar-refractivity contribution < 1.29 is 9.18 Å². The highest BCUT2D eigenvalue weighted by molar-refractivity contribution is 8.00. The first kappa shape index (κ1) is 22.2. The van der Waals surface area contributed by atoms with E-state index in [0.717, 1.165) is 42.0 Å². The Morgan fingerprint density at radius 1 is 1.09 bits per heavy atom. The topological polar surface area (TPSA) is 98.9 Å². The van der Waals surface area contributed by atoms with E-state index in [4.69, 9.17) is 0 Å². The first-order valence-corrected chi connectivity index (χ1v) is 11.5. The molecule has 0 bridgehead atoms. The second-order valence-electron chi connectivity index (χ2n) is 7.95. The maximum atomic E-state index is 13.4. The van der Waals surface area contributed by atoms with Crippen LogP contribution >= 0.6 is 11.8 Å². The van der Waals surface area contributed by atoms with E-state index in [1.54, 1.807) is 0 Å². The van der Waals surface area contributed by atoms with Gasteiger partial charge in [0.15, 0.2) is 11.5 Å². The average Bonchev–Trinajstić information content (AvgIpc) is 2.80. The van der Waals surface area contributed by atoms with Crippen LogP contribution in [0.4, 0.5) is 4.39 Å². The molecule has 0 saturated heterocycles. The van der Waals surface area contributed by atoms with Crippen LogP contribution in [0.2, 0.25) is 0 Å².